The van der Waals surface area contributed by atoms with E-state index < -0.39 is 0 Å². The van der Waals surface area contributed by atoms with Crippen LogP contribution in [0.5, 0.6) is 0 Å². The van der Waals surface area contributed by atoms with Gasteiger partial charge in [0.05, 0.1) is 5.69 Å². The molecule has 8 rings (SSSR count). The normalized spacial score (nSPS) is 10.5. The molecular formula is C41H28Br4N8. The third kappa shape index (κ3) is 9.38. The van der Waals surface area contributed by atoms with Gasteiger partial charge in [0, 0.05) is 64.9 Å². The summed E-state index contributed by atoms with van der Waals surface area (Å²) in [5, 5.41) is 8.68. The van der Waals surface area contributed by atoms with Crippen LogP contribution < -0.4 is 0 Å². The summed E-state index contributed by atoms with van der Waals surface area (Å²) in [6, 6.07) is 39.8. The first-order valence-corrected chi connectivity index (χ1v) is 18.9. The summed E-state index contributed by atoms with van der Waals surface area (Å²) >= 11 is 13.9. The summed E-state index contributed by atoms with van der Waals surface area (Å²) in [6.07, 6.45) is 6.78. The maximum atomic E-state index is 4.89. The highest BCUT2D eigenvalue weighted by atomic mass is 79.9. The van der Waals surface area contributed by atoms with E-state index in [4.69, 9.17) is 9.97 Å². The van der Waals surface area contributed by atoms with Crippen molar-refractivity contribution in [3.05, 3.63) is 164 Å². The Kier molecular flexibility index (Phi) is 12.7. The van der Waals surface area contributed by atoms with Crippen LogP contribution >= 0.6 is 63.7 Å². The van der Waals surface area contributed by atoms with Gasteiger partial charge in [-0.2, -0.15) is 0 Å². The quantitative estimate of drug-likeness (QED) is 0.162. The Morgan fingerprint density at radius 3 is 1.25 bits per heavy atom. The molecule has 0 radical (unpaired) electrons. The number of pyridine rings is 1. The van der Waals surface area contributed by atoms with E-state index >= 15 is 0 Å². The Morgan fingerprint density at radius 1 is 0.340 bits per heavy atom. The van der Waals surface area contributed by atoms with Gasteiger partial charge in [0.15, 0.2) is 11.6 Å². The first-order chi connectivity index (χ1) is 25.4. The second-order valence-electron chi connectivity index (χ2n) is 11.1. The van der Waals surface area contributed by atoms with E-state index in [2.05, 4.69) is 124 Å². The number of aromatic nitrogens is 8. The largest absolute Gasteiger partial charge is 0.244 e. The first kappa shape index (κ1) is 37.9. The lowest BCUT2D eigenvalue weighted by Crippen LogP contribution is -2.02. The zero-order valence-electron chi connectivity index (χ0n) is 26.9. The van der Waals surface area contributed by atoms with Crippen LogP contribution in [0.2, 0.25) is 0 Å². The van der Waals surface area contributed by atoms with E-state index in [-0.39, 0.29) is 7.43 Å². The van der Waals surface area contributed by atoms with E-state index in [1.165, 1.54) is 0 Å². The number of halogens is 4. The highest BCUT2D eigenvalue weighted by molar-refractivity contribution is 9.11. The summed E-state index contributed by atoms with van der Waals surface area (Å²) in [5.74, 6) is 1.46. The van der Waals surface area contributed by atoms with Crippen LogP contribution in [0.1, 0.15) is 7.43 Å². The van der Waals surface area contributed by atoms with Gasteiger partial charge in [0.1, 0.15) is 17.1 Å². The van der Waals surface area contributed by atoms with Gasteiger partial charge in [0.25, 0.3) is 0 Å². The maximum Gasteiger partial charge on any atom is 0.220 e. The molecule has 0 N–H and O–H groups in total. The average molecular weight is 952 g/mol. The Hall–Kier alpha value is -4.88. The van der Waals surface area contributed by atoms with Crippen molar-refractivity contribution >= 4 is 63.7 Å². The van der Waals surface area contributed by atoms with Gasteiger partial charge in [-0.3, -0.25) is 0 Å². The van der Waals surface area contributed by atoms with E-state index in [9.17, 15) is 0 Å². The number of hydrogen-bond acceptors (Lipinski definition) is 8. The summed E-state index contributed by atoms with van der Waals surface area (Å²) < 4.78 is 4.09. The van der Waals surface area contributed by atoms with Crippen molar-refractivity contribution in [1.82, 2.24) is 40.1 Å². The zero-order chi connectivity index (χ0) is 35.9. The standard InChI is InChI=1S/C21H13Br2N3.C19H11Br2N5.CH4/c22-16-6-2-14(3-7-16)18-10-11-19(21-24-12-1-13-25-21)26-20(18)15-4-8-17(23)9-5-15;20-14-6-2-12(3-7-14)16-17(13-4-8-15(21)9-5-13)25-26-19(24-16)18-22-10-1-11-23-18;/h1-13H;1-11H;1H4. The summed E-state index contributed by atoms with van der Waals surface area (Å²) in [5.41, 5.74) is 8.21. The van der Waals surface area contributed by atoms with Crippen LogP contribution in [-0.2, 0) is 0 Å². The topological polar surface area (TPSA) is 103 Å². The minimum atomic E-state index is 0. The highest BCUT2D eigenvalue weighted by Gasteiger charge is 2.16. The molecule has 0 aliphatic heterocycles. The van der Waals surface area contributed by atoms with Crippen molar-refractivity contribution in [2.45, 2.75) is 7.43 Å². The molecule has 8 nitrogen and oxygen atoms in total. The van der Waals surface area contributed by atoms with Crippen molar-refractivity contribution in [2.24, 2.45) is 0 Å². The van der Waals surface area contributed by atoms with Crippen LogP contribution in [0.3, 0.4) is 0 Å². The van der Waals surface area contributed by atoms with Gasteiger partial charge >= 0.3 is 0 Å². The third-order valence-corrected chi connectivity index (χ3v) is 9.77. The zero-order valence-corrected chi connectivity index (χ0v) is 33.3. The Bertz CT molecular complexity index is 2240. The van der Waals surface area contributed by atoms with Crippen LogP contribution in [0.25, 0.3) is 68.1 Å². The molecule has 4 aromatic carbocycles. The van der Waals surface area contributed by atoms with E-state index in [0.29, 0.717) is 23.2 Å². The lowest BCUT2D eigenvalue weighted by atomic mass is 9.99. The molecule has 0 saturated heterocycles. The van der Waals surface area contributed by atoms with E-state index in [1.807, 2.05) is 78.9 Å². The average Bonchev–Trinajstić information content (AvgIpc) is 3.20. The lowest BCUT2D eigenvalue weighted by Gasteiger charge is -2.12. The van der Waals surface area contributed by atoms with Crippen LogP contribution in [0.4, 0.5) is 0 Å². The molecule has 0 atom stereocenters. The summed E-state index contributed by atoms with van der Waals surface area (Å²) in [7, 11) is 0. The molecule has 8 aromatic rings. The fourth-order valence-corrected chi connectivity index (χ4v) is 6.21. The van der Waals surface area contributed by atoms with Crippen LogP contribution in [0, 0.1) is 0 Å². The maximum absolute atomic E-state index is 4.89. The summed E-state index contributed by atoms with van der Waals surface area (Å²) in [6.45, 7) is 0. The fraction of sp³-hybridized carbons (Fsp3) is 0.0244. The number of benzene rings is 4. The second kappa shape index (κ2) is 17.8. The minimum Gasteiger partial charge on any atom is -0.244 e. The van der Waals surface area contributed by atoms with Gasteiger partial charge in [0.2, 0.25) is 5.82 Å². The fourth-order valence-electron chi connectivity index (χ4n) is 5.15. The predicted molar refractivity (Wildman–Crippen MR) is 225 cm³/mol. The Morgan fingerprint density at radius 2 is 0.755 bits per heavy atom. The van der Waals surface area contributed by atoms with Crippen molar-refractivity contribution in [3.63, 3.8) is 0 Å². The molecule has 0 aliphatic carbocycles. The molecule has 4 heterocycles. The van der Waals surface area contributed by atoms with Gasteiger partial charge in [-0.05, 0) is 78.4 Å². The van der Waals surface area contributed by atoms with Crippen LogP contribution in [-0.4, -0.2) is 40.1 Å². The molecule has 4 aromatic heterocycles. The molecule has 0 fully saturated rings. The van der Waals surface area contributed by atoms with Gasteiger partial charge in [-0.1, -0.05) is 120 Å². The molecule has 0 aliphatic rings. The third-order valence-electron chi connectivity index (χ3n) is 7.65. The first-order valence-electron chi connectivity index (χ1n) is 15.8. The molecular weight excluding hydrogens is 924 g/mol. The van der Waals surface area contributed by atoms with Crippen molar-refractivity contribution in [1.29, 1.82) is 0 Å². The predicted octanol–water partition coefficient (Wildman–Crippen LogP) is 12.2. The minimum absolute atomic E-state index is 0. The molecule has 260 valence electrons. The van der Waals surface area contributed by atoms with Gasteiger partial charge in [-0.15, -0.1) is 10.2 Å². The van der Waals surface area contributed by atoms with Crippen molar-refractivity contribution < 1.29 is 0 Å². The second-order valence-corrected chi connectivity index (χ2v) is 14.8. The van der Waals surface area contributed by atoms with Gasteiger partial charge in [-0.25, -0.2) is 29.9 Å². The molecule has 0 bridgehead atoms. The Labute approximate surface area is 340 Å². The molecule has 53 heavy (non-hydrogen) atoms. The molecule has 0 spiro atoms. The number of rotatable bonds is 6. The molecule has 12 heteroatoms. The monoisotopic (exact) mass is 948 g/mol. The van der Waals surface area contributed by atoms with E-state index in [0.717, 1.165) is 62.8 Å². The number of hydrogen-bond donors (Lipinski definition) is 0. The summed E-state index contributed by atoms with van der Waals surface area (Å²) in [4.78, 5) is 26.7. The van der Waals surface area contributed by atoms with Crippen molar-refractivity contribution in [3.8, 4) is 68.1 Å². The van der Waals surface area contributed by atoms with Crippen molar-refractivity contribution in [2.75, 3.05) is 0 Å². The lowest BCUT2D eigenvalue weighted by molar-refractivity contribution is 0.964. The van der Waals surface area contributed by atoms with Gasteiger partial charge < -0.3 is 0 Å². The molecule has 0 saturated carbocycles. The molecule has 0 unspecified atom stereocenters. The SMILES string of the molecule is Brc1ccc(-c2ccc(-c3ncccn3)nc2-c2ccc(Br)cc2)cc1.Brc1ccc(-c2nnc(-c3ncccn3)nc2-c2ccc(Br)cc2)cc1.C. The number of nitrogens with zero attached hydrogens (tertiary/aromatic N) is 8. The highest BCUT2D eigenvalue weighted by Crippen LogP contribution is 2.34. The smallest absolute Gasteiger partial charge is 0.220 e. The molecule has 0 amide bonds. The van der Waals surface area contributed by atoms with E-state index in [1.54, 1.807) is 36.9 Å². The van der Waals surface area contributed by atoms with Crippen LogP contribution in [0.15, 0.2) is 164 Å². The Balaban J connectivity index is 0.000000178.